The van der Waals surface area contributed by atoms with E-state index in [1.54, 1.807) is 30.3 Å². The minimum absolute atomic E-state index is 0.0438. The lowest BCUT2D eigenvalue weighted by molar-refractivity contribution is 0.0771. The molecule has 1 saturated heterocycles. The van der Waals surface area contributed by atoms with Crippen LogP contribution in [-0.2, 0) is 0 Å². The number of hydrogen-bond acceptors (Lipinski definition) is 5. The minimum Gasteiger partial charge on any atom is -0.481 e. The number of fused-ring (bicyclic) bond motifs is 1. The number of likely N-dealkylation sites (tertiary alicyclic amines) is 1. The van der Waals surface area contributed by atoms with Crippen molar-refractivity contribution in [3.05, 3.63) is 60.3 Å². The minimum atomic E-state index is -0.0566. The Labute approximate surface area is 151 Å². The van der Waals surface area contributed by atoms with Gasteiger partial charge in [0.2, 0.25) is 11.8 Å². The number of para-hydroxylation sites is 1. The van der Waals surface area contributed by atoms with Gasteiger partial charge in [-0.15, -0.1) is 0 Å². The van der Waals surface area contributed by atoms with Gasteiger partial charge in [0.1, 0.15) is 6.10 Å². The van der Waals surface area contributed by atoms with E-state index in [2.05, 4.69) is 9.97 Å². The first-order chi connectivity index (χ1) is 12.7. The van der Waals surface area contributed by atoms with E-state index in [4.69, 9.17) is 9.47 Å². The summed E-state index contributed by atoms with van der Waals surface area (Å²) >= 11 is 0. The lowest BCUT2D eigenvalue weighted by atomic mass is 10.2. The molecule has 3 aromatic rings. The topological polar surface area (TPSA) is 64.5 Å². The molecule has 4 rings (SSSR count). The van der Waals surface area contributed by atoms with Crippen LogP contribution in [0.2, 0.25) is 0 Å². The Kier molecular flexibility index (Phi) is 4.39. The van der Waals surface area contributed by atoms with Gasteiger partial charge in [-0.05, 0) is 18.2 Å². The van der Waals surface area contributed by atoms with Crippen molar-refractivity contribution < 1.29 is 14.3 Å². The summed E-state index contributed by atoms with van der Waals surface area (Å²) in [5, 5.41) is 1.08. The lowest BCUT2D eigenvalue weighted by Gasteiger charge is -2.17. The van der Waals surface area contributed by atoms with Crippen LogP contribution in [0.3, 0.4) is 0 Å². The Hall–Kier alpha value is -3.15. The van der Waals surface area contributed by atoms with E-state index in [1.807, 2.05) is 36.4 Å². The van der Waals surface area contributed by atoms with E-state index in [9.17, 15) is 4.79 Å². The van der Waals surface area contributed by atoms with Crippen molar-refractivity contribution in [2.45, 2.75) is 12.5 Å². The number of nitrogens with zero attached hydrogens (tertiary/aromatic N) is 3. The first kappa shape index (κ1) is 16.3. The van der Waals surface area contributed by atoms with Crippen LogP contribution in [0, 0.1) is 0 Å². The summed E-state index contributed by atoms with van der Waals surface area (Å²) in [6.07, 6.45) is 2.27. The van der Waals surface area contributed by atoms with Gasteiger partial charge in [-0.2, -0.15) is 0 Å². The number of carbonyl (C=O) groups is 1. The van der Waals surface area contributed by atoms with Gasteiger partial charge in [-0.25, -0.2) is 9.97 Å². The third kappa shape index (κ3) is 3.31. The zero-order chi connectivity index (χ0) is 17.9. The average Bonchev–Trinajstić information content (AvgIpc) is 3.16. The van der Waals surface area contributed by atoms with Gasteiger partial charge in [-0.1, -0.05) is 18.2 Å². The van der Waals surface area contributed by atoms with Gasteiger partial charge < -0.3 is 14.4 Å². The molecule has 6 heteroatoms. The maximum absolute atomic E-state index is 12.6. The van der Waals surface area contributed by atoms with E-state index in [0.29, 0.717) is 30.4 Å². The molecule has 1 atom stereocenters. The summed E-state index contributed by atoms with van der Waals surface area (Å²) < 4.78 is 11.0. The monoisotopic (exact) mass is 349 g/mol. The maximum atomic E-state index is 12.6. The Morgan fingerprint density at radius 3 is 2.77 bits per heavy atom. The molecule has 6 nitrogen and oxygen atoms in total. The van der Waals surface area contributed by atoms with Crippen LogP contribution >= 0.6 is 0 Å². The van der Waals surface area contributed by atoms with Crippen LogP contribution in [0.25, 0.3) is 10.9 Å². The van der Waals surface area contributed by atoms with E-state index >= 15 is 0 Å². The van der Waals surface area contributed by atoms with Crippen molar-refractivity contribution in [3.63, 3.8) is 0 Å². The smallest absolute Gasteiger partial charge is 0.255 e. The molecule has 0 bridgehead atoms. The lowest BCUT2D eigenvalue weighted by Crippen LogP contribution is -2.31. The molecular weight excluding hydrogens is 330 g/mol. The molecule has 1 aliphatic heterocycles. The summed E-state index contributed by atoms with van der Waals surface area (Å²) in [5.41, 5.74) is 1.45. The highest BCUT2D eigenvalue weighted by Crippen LogP contribution is 2.21. The first-order valence-electron chi connectivity index (χ1n) is 8.55. The third-order valence-corrected chi connectivity index (χ3v) is 4.48. The molecule has 26 heavy (non-hydrogen) atoms. The number of methoxy groups -OCH3 is 1. The molecule has 1 amide bonds. The fraction of sp³-hybridized carbons (Fsp3) is 0.250. The van der Waals surface area contributed by atoms with Crippen LogP contribution in [-0.4, -0.2) is 47.1 Å². The van der Waals surface area contributed by atoms with Gasteiger partial charge in [0, 0.05) is 36.7 Å². The Morgan fingerprint density at radius 2 is 1.96 bits per heavy atom. The largest absolute Gasteiger partial charge is 0.481 e. The number of pyridine rings is 2. The van der Waals surface area contributed by atoms with Crippen LogP contribution in [0.4, 0.5) is 0 Å². The van der Waals surface area contributed by atoms with E-state index in [1.165, 1.54) is 0 Å². The quantitative estimate of drug-likeness (QED) is 0.725. The fourth-order valence-electron chi connectivity index (χ4n) is 3.10. The summed E-state index contributed by atoms with van der Waals surface area (Å²) in [6.45, 7) is 1.20. The number of ether oxygens (including phenoxy) is 2. The molecule has 2 aromatic heterocycles. The van der Waals surface area contributed by atoms with Crippen molar-refractivity contribution in [1.29, 1.82) is 0 Å². The first-order valence-corrected chi connectivity index (χ1v) is 8.55. The molecule has 132 valence electrons. The molecule has 1 aliphatic rings. The number of amides is 1. The molecule has 1 unspecified atom stereocenters. The van der Waals surface area contributed by atoms with Crippen molar-refractivity contribution in [2.75, 3.05) is 20.2 Å². The highest BCUT2D eigenvalue weighted by atomic mass is 16.5. The van der Waals surface area contributed by atoms with Crippen molar-refractivity contribution in [1.82, 2.24) is 14.9 Å². The highest BCUT2D eigenvalue weighted by Gasteiger charge is 2.28. The van der Waals surface area contributed by atoms with Crippen LogP contribution in [0.5, 0.6) is 11.8 Å². The second-order valence-corrected chi connectivity index (χ2v) is 6.21. The third-order valence-electron chi connectivity index (χ3n) is 4.48. The SMILES string of the molecule is COc1ccc(C(=O)N2CCC(Oc3ccc4ccccc4n3)C2)cn1. The van der Waals surface area contributed by atoms with Crippen molar-refractivity contribution >= 4 is 16.8 Å². The second-order valence-electron chi connectivity index (χ2n) is 6.21. The molecule has 1 aromatic carbocycles. The number of rotatable bonds is 4. The Bertz CT molecular complexity index is 927. The van der Waals surface area contributed by atoms with Gasteiger partial charge >= 0.3 is 0 Å². The average molecular weight is 349 g/mol. The molecular formula is C20H19N3O3. The molecule has 0 N–H and O–H groups in total. The maximum Gasteiger partial charge on any atom is 0.255 e. The highest BCUT2D eigenvalue weighted by molar-refractivity contribution is 5.94. The number of hydrogen-bond donors (Lipinski definition) is 0. The number of aromatic nitrogens is 2. The molecule has 1 fully saturated rings. The molecule has 0 radical (unpaired) electrons. The van der Waals surface area contributed by atoms with Crippen LogP contribution < -0.4 is 9.47 Å². The normalized spacial score (nSPS) is 16.7. The standard InChI is InChI=1S/C20H19N3O3/c1-25-18-8-7-15(12-21-18)20(24)23-11-10-16(13-23)26-19-9-6-14-4-2-3-5-17(14)22-19/h2-9,12,16H,10-11,13H2,1H3. The van der Waals surface area contributed by atoms with E-state index in [-0.39, 0.29) is 12.0 Å². The summed E-state index contributed by atoms with van der Waals surface area (Å²) in [5.74, 6) is 1.04. The molecule has 0 saturated carbocycles. The number of carbonyl (C=O) groups excluding carboxylic acids is 1. The van der Waals surface area contributed by atoms with Gasteiger partial charge in [0.15, 0.2) is 0 Å². The Morgan fingerprint density at radius 1 is 1.12 bits per heavy atom. The summed E-state index contributed by atoms with van der Waals surface area (Å²) in [7, 11) is 1.55. The van der Waals surface area contributed by atoms with Crippen molar-refractivity contribution in [3.8, 4) is 11.8 Å². The van der Waals surface area contributed by atoms with Crippen LogP contribution in [0.1, 0.15) is 16.8 Å². The van der Waals surface area contributed by atoms with E-state index < -0.39 is 0 Å². The van der Waals surface area contributed by atoms with Gasteiger partial charge in [0.25, 0.3) is 5.91 Å². The zero-order valence-electron chi connectivity index (χ0n) is 14.5. The van der Waals surface area contributed by atoms with Gasteiger partial charge in [0.05, 0.1) is 24.7 Å². The van der Waals surface area contributed by atoms with Crippen LogP contribution in [0.15, 0.2) is 54.7 Å². The molecule has 0 aliphatic carbocycles. The zero-order valence-corrected chi connectivity index (χ0v) is 14.5. The predicted octanol–water partition coefficient (Wildman–Crippen LogP) is 2.93. The predicted molar refractivity (Wildman–Crippen MR) is 97.5 cm³/mol. The second kappa shape index (κ2) is 7.00. The van der Waals surface area contributed by atoms with Gasteiger partial charge in [-0.3, -0.25) is 4.79 Å². The molecule has 0 spiro atoms. The summed E-state index contributed by atoms with van der Waals surface area (Å²) in [4.78, 5) is 23.0. The summed E-state index contributed by atoms with van der Waals surface area (Å²) in [6, 6.07) is 15.2. The Balaban J connectivity index is 1.41. The molecule has 3 heterocycles. The fourth-order valence-corrected chi connectivity index (χ4v) is 3.10. The van der Waals surface area contributed by atoms with E-state index in [0.717, 1.165) is 17.3 Å². The van der Waals surface area contributed by atoms with Crippen molar-refractivity contribution in [2.24, 2.45) is 0 Å². The number of benzene rings is 1.